The highest BCUT2D eigenvalue weighted by molar-refractivity contribution is 5.65. The zero-order chi connectivity index (χ0) is 20.8. The molecule has 0 radical (unpaired) electrons. The molecule has 1 unspecified atom stereocenters. The van der Waals surface area contributed by atoms with Crippen molar-refractivity contribution in [3.8, 4) is 28.3 Å². The van der Waals surface area contributed by atoms with Crippen LogP contribution in [0.15, 0.2) is 54.9 Å². The van der Waals surface area contributed by atoms with Crippen molar-refractivity contribution in [2.75, 3.05) is 0 Å². The molecule has 1 N–H and O–H groups in total. The maximum atomic E-state index is 9.45. The highest BCUT2D eigenvalue weighted by atomic mass is 16.3. The lowest BCUT2D eigenvalue weighted by Crippen LogP contribution is -1.99. The number of hydrogen-bond acceptors (Lipinski definition) is 3. The second kappa shape index (κ2) is 9.88. The summed E-state index contributed by atoms with van der Waals surface area (Å²) in [5, 5.41) is 9.45. The smallest absolute Gasteiger partial charge is 0.159 e. The highest BCUT2D eigenvalue weighted by Gasteiger charge is 2.21. The van der Waals surface area contributed by atoms with E-state index >= 15 is 0 Å². The van der Waals surface area contributed by atoms with E-state index in [0.717, 1.165) is 28.4 Å². The number of unbranched alkanes of at least 4 members (excludes halogenated alkanes) is 5. The van der Waals surface area contributed by atoms with E-state index in [2.05, 4.69) is 35.1 Å². The number of phenols is 1. The predicted octanol–water partition coefficient (Wildman–Crippen LogP) is 6.98. The van der Waals surface area contributed by atoms with Crippen molar-refractivity contribution in [2.45, 2.75) is 64.7 Å². The molecule has 4 rings (SSSR count). The van der Waals surface area contributed by atoms with E-state index in [-0.39, 0.29) is 5.75 Å². The van der Waals surface area contributed by atoms with Crippen molar-refractivity contribution in [1.29, 1.82) is 0 Å². The second-order valence-electron chi connectivity index (χ2n) is 8.66. The van der Waals surface area contributed by atoms with Gasteiger partial charge in [0.2, 0.25) is 0 Å². The quantitative estimate of drug-likeness (QED) is 0.394. The Kier molecular flexibility index (Phi) is 6.78. The zero-order valence-electron chi connectivity index (χ0n) is 18.0. The molecule has 156 valence electrons. The molecular formula is C27H32N2O. The van der Waals surface area contributed by atoms with Gasteiger partial charge in [0.1, 0.15) is 5.75 Å². The van der Waals surface area contributed by atoms with Gasteiger partial charge in [-0.2, -0.15) is 0 Å². The first-order chi connectivity index (χ1) is 14.7. The number of hydrogen-bond donors (Lipinski definition) is 1. The van der Waals surface area contributed by atoms with Crippen LogP contribution in [0.2, 0.25) is 0 Å². The number of rotatable bonds is 9. The van der Waals surface area contributed by atoms with Gasteiger partial charge in [0.05, 0.1) is 0 Å². The average molecular weight is 401 g/mol. The molecule has 1 aromatic heterocycles. The summed E-state index contributed by atoms with van der Waals surface area (Å²) in [6.45, 7) is 2.28. The maximum Gasteiger partial charge on any atom is 0.159 e. The molecule has 0 fully saturated rings. The van der Waals surface area contributed by atoms with Crippen molar-refractivity contribution in [3.05, 3.63) is 66.0 Å². The number of nitrogens with zero attached hydrogens (tertiary/aromatic N) is 2. The van der Waals surface area contributed by atoms with Crippen LogP contribution < -0.4 is 0 Å². The number of aromatic nitrogens is 2. The van der Waals surface area contributed by atoms with E-state index in [1.54, 1.807) is 12.1 Å². The minimum absolute atomic E-state index is 0.268. The zero-order valence-corrected chi connectivity index (χ0v) is 18.0. The average Bonchev–Trinajstić information content (AvgIpc) is 3.19. The van der Waals surface area contributed by atoms with Gasteiger partial charge in [-0.25, -0.2) is 9.97 Å². The van der Waals surface area contributed by atoms with E-state index < -0.39 is 0 Å². The molecule has 0 spiro atoms. The van der Waals surface area contributed by atoms with Crippen LogP contribution in [-0.2, 0) is 12.8 Å². The molecule has 0 bridgehead atoms. The molecule has 0 amide bonds. The molecule has 0 aliphatic heterocycles. The van der Waals surface area contributed by atoms with Crippen molar-refractivity contribution < 1.29 is 5.11 Å². The summed E-state index contributed by atoms with van der Waals surface area (Å²) in [4.78, 5) is 9.21. The summed E-state index contributed by atoms with van der Waals surface area (Å²) in [5.41, 5.74) is 6.06. The molecule has 30 heavy (non-hydrogen) atoms. The number of fused-ring (bicyclic) bond motifs is 1. The van der Waals surface area contributed by atoms with Crippen LogP contribution in [0.3, 0.4) is 0 Å². The Morgan fingerprint density at radius 3 is 2.20 bits per heavy atom. The Bertz CT molecular complexity index is 948. The van der Waals surface area contributed by atoms with Gasteiger partial charge in [0.25, 0.3) is 0 Å². The van der Waals surface area contributed by atoms with Gasteiger partial charge in [-0.15, -0.1) is 0 Å². The van der Waals surface area contributed by atoms with Crippen LogP contribution in [0.4, 0.5) is 0 Å². The van der Waals surface area contributed by atoms with E-state index in [1.807, 2.05) is 24.5 Å². The largest absolute Gasteiger partial charge is 0.508 e. The van der Waals surface area contributed by atoms with Gasteiger partial charge in [0.15, 0.2) is 5.82 Å². The topological polar surface area (TPSA) is 46.0 Å². The van der Waals surface area contributed by atoms with Crippen LogP contribution in [0.1, 0.15) is 63.0 Å². The third-order valence-electron chi connectivity index (χ3n) is 6.30. The van der Waals surface area contributed by atoms with Crippen LogP contribution in [0.25, 0.3) is 22.5 Å². The van der Waals surface area contributed by atoms with Crippen molar-refractivity contribution in [3.63, 3.8) is 0 Å². The first-order valence-electron chi connectivity index (χ1n) is 11.5. The highest BCUT2D eigenvalue weighted by Crippen LogP contribution is 2.33. The summed E-state index contributed by atoms with van der Waals surface area (Å²) in [6, 6.07) is 13.9. The third-order valence-corrected chi connectivity index (χ3v) is 6.30. The molecule has 3 aromatic rings. The Hall–Kier alpha value is -2.68. The second-order valence-corrected chi connectivity index (χ2v) is 8.66. The van der Waals surface area contributed by atoms with Gasteiger partial charge in [-0.05, 0) is 60.1 Å². The number of phenolic OH excluding ortho intramolecular Hbond substituents is 1. The lowest BCUT2D eigenvalue weighted by atomic mass is 9.97. The SMILES string of the molecule is CCCCCCCCC1Cc2ccc(-c3ncc(-c4ccc(O)cc4)cn3)cc2C1. The van der Waals surface area contributed by atoms with Crippen LogP contribution in [-0.4, -0.2) is 15.1 Å². The molecule has 3 nitrogen and oxygen atoms in total. The minimum Gasteiger partial charge on any atom is -0.508 e. The van der Waals surface area contributed by atoms with E-state index in [9.17, 15) is 5.11 Å². The van der Waals surface area contributed by atoms with Gasteiger partial charge in [-0.1, -0.05) is 69.7 Å². The molecule has 1 heterocycles. The molecule has 0 saturated heterocycles. The van der Waals surface area contributed by atoms with Crippen LogP contribution in [0.5, 0.6) is 5.75 Å². The third kappa shape index (κ3) is 5.08. The minimum atomic E-state index is 0.268. The van der Waals surface area contributed by atoms with Gasteiger partial charge in [0, 0.05) is 23.5 Å². The Labute approximate surface area is 180 Å². The van der Waals surface area contributed by atoms with Crippen molar-refractivity contribution in [2.24, 2.45) is 5.92 Å². The normalized spacial score (nSPS) is 15.3. The van der Waals surface area contributed by atoms with E-state index in [1.165, 1.54) is 68.9 Å². The van der Waals surface area contributed by atoms with Crippen LogP contribution in [0, 0.1) is 5.92 Å². The summed E-state index contributed by atoms with van der Waals surface area (Å²) in [6.07, 6.45) is 15.8. The van der Waals surface area contributed by atoms with E-state index in [0.29, 0.717) is 0 Å². The lowest BCUT2D eigenvalue weighted by Gasteiger charge is -2.08. The summed E-state index contributed by atoms with van der Waals surface area (Å²) >= 11 is 0. The lowest BCUT2D eigenvalue weighted by molar-refractivity contribution is 0.469. The first kappa shape index (κ1) is 20.6. The molecule has 1 aliphatic rings. The maximum absolute atomic E-state index is 9.45. The summed E-state index contributed by atoms with van der Waals surface area (Å²) in [5.74, 6) is 1.85. The van der Waals surface area contributed by atoms with Gasteiger partial charge < -0.3 is 5.11 Å². The molecule has 0 saturated carbocycles. The van der Waals surface area contributed by atoms with Crippen LogP contribution >= 0.6 is 0 Å². The van der Waals surface area contributed by atoms with Crippen molar-refractivity contribution >= 4 is 0 Å². The number of aromatic hydroxyl groups is 1. The fourth-order valence-electron chi connectivity index (χ4n) is 4.55. The molecule has 2 aromatic carbocycles. The molecular weight excluding hydrogens is 368 g/mol. The Morgan fingerprint density at radius 2 is 1.43 bits per heavy atom. The fraction of sp³-hybridized carbons (Fsp3) is 0.407. The molecule has 1 atom stereocenters. The fourth-order valence-corrected chi connectivity index (χ4v) is 4.55. The van der Waals surface area contributed by atoms with Gasteiger partial charge >= 0.3 is 0 Å². The van der Waals surface area contributed by atoms with Crippen molar-refractivity contribution in [1.82, 2.24) is 9.97 Å². The molecule has 1 aliphatic carbocycles. The first-order valence-corrected chi connectivity index (χ1v) is 11.5. The van der Waals surface area contributed by atoms with Gasteiger partial charge in [-0.3, -0.25) is 0 Å². The molecule has 3 heteroatoms. The monoisotopic (exact) mass is 400 g/mol. The number of benzene rings is 2. The standard InChI is InChI=1S/C27H32N2O/c1-2-3-4-5-6-7-8-20-15-22-9-10-23(17-24(22)16-20)27-28-18-25(19-29-27)21-11-13-26(30)14-12-21/h9-14,17-20,30H,2-8,15-16H2,1H3. The summed E-state index contributed by atoms with van der Waals surface area (Å²) < 4.78 is 0. The Morgan fingerprint density at radius 1 is 0.767 bits per heavy atom. The summed E-state index contributed by atoms with van der Waals surface area (Å²) in [7, 11) is 0. The van der Waals surface area contributed by atoms with E-state index in [4.69, 9.17) is 0 Å². The predicted molar refractivity (Wildman–Crippen MR) is 123 cm³/mol. The Balaban J connectivity index is 1.36.